The van der Waals surface area contributed by atoms with Crippen LogP contribution >= 0.6 is 0 Å². The molecule has 0 fully saturated rings. The number of hydrogen-bond acceptors (Lipinski definition) is 8. The largest absolute Gasteiger partial charge is 0.455 e. The van der Waals surface area contributed by atoms with Gasteiger partial charge in [0.15, 0.2) is 41.5 Å². The molecular formula is C114H104N8O4+4. The molecule has 12 nitrogen and oxygen atoms in total. The molecule has 3 atom stereocenters. The number of furan rings is 4. The lowest BCUT2D eigenvalue weighted by molar-refractivity contribution is -0.660. The molecule has 12 heterocycles. The summed E-state index contributed by atoms with van der Waals surface area (Å²) in [5.41, 5.74) is 9.41. The second kappa shape index (κ2) is 29.4. The Bertz CT molecular complexity index is 9040. The molecule has 0 bridgehead atoms. The second-order valence-corrected chi connectivity index (χ2v) is 33.3. The molecule has 20 aromatic rings. The van der Waals surface area contributed by atoms with Crippen molar-refractivity contribution in [3.8, 4) is 89.5 Å². The van der Waals surface area contributed by atoms with E-state index in [0.717, 1.165) is 95.8 Å². The van der Waals surface area contributed by atoms with E-state index < -0.39 is 108 Å². The van der Waals surface area contributed by atoms with Gasteiger partial charge in [0.2, 0.25) is 39.9 Å². The third kappa shape index (κ3) is 11.6. The molecule has 24 rings (SSSR count). The number of aromatic nitrogens is 8. The van der Waals surface area contributed by atoms with Crippen LogP contribution in [0.2, 0.25) is 0 Å². The SMILES string of the molecule is [2H]C([2H])([2H])C([2H])(C)C1(C([2H])(C([2H])([2H])[2H])C([2H])([2H])[2H])c2ccccc2-c2cc3c(nc21)oc1c(-c2cccc[n+]2C)c(C)ccc13.[2H]C([2H])([2H])C1(C([2H])([2H])[2H])c2cc3oc4c(-c5cccc[n+]5C)c(C)ccc4c3cc2-c2cccnc21.[2H]C([2H])([2H])C1(C([2H])([2H])[2H])c2ccccc2-c2cc3c(nc21)oc1c(-c2cccc[n+]2C)c(C)ccc13.[2H]C([2H])([2H])CC1(C([2H])([2H])C([2H])([2H])[2H])c2ccccc2-c2cc3c(nc21)oc1c(-c2cccc[n+]2C)c(C)ccc13. The number of aryl methyl sites for hydroxylation is 8. The van der Waals surface area contributed by atoms with Gasteiger partial charge in [-0.1, -0.05) is 196 Å². The first kappa shape index (κ1) is 52.1. The average molecular weight is 1680 g/mol. The highest BCUT2D eigenvalue weighted by molar-refractivity contribution is 6.15. The molecule has 0 N–H and O–H groups in total. The second-order valence-electron chi connectivity index (χ2n) is 33.3. The van der Waals surface area contributed by atoms with E-state index in [4.69, 9.17) is 67.4 Å². The van der Waals surface area contributed by atoms with E-state index in [1.807, 2.05) is 238 Å². The Kier molecular flexibility index (Phi) is 12.2. The van der Waals surface area contributed by atoms with Crippen molar-refractivity contribution >= 4 is 88.1 Å². The first-order valence-electron chi connectivity index (χ1n) is 57.0. The summed E-state index contributed by atoms with van der Waals surface area (Å²) in [4.78, 5) is 18.6. The van der Waals surface area contributed by atoms with E-state index in [1.165, 1.54) is 18.3 Å². The highest BCUT2D eigenvalue weighted by Gasteiger charge is 2.50. The molecule has 3 unspecified atom stereocenters. The van der Waals surface area contributed by atoms with Crippen LogP contribution < -0.4 is 18.3 Å². The van der Waals surface area contributed by atoms with Crippen molar-refractivity contribution in [2.24, 2.45) is 40.0 Å². The molecule has 0 amide bonds. The Labute approximate surface area is 778 Å². The number of rotatable bonds is 8. The summed E-state index contributed by atoms with van der Waals surface area (Å²) < 4.78 is 296. The lowest BCUT2D eigenvalue weighted by Crippen LogP contribution is -2.38. The predicted octanol–water partition coefficient (Wildman–Crippen LogP) is 26.4. The van der Waals surface area contributed by atoms with Crippen LogP contribution in [-0.2, 0) is 49.9 Å². The minimum Gasteiger partial charge on any atom is -0.455 e. The van der Waals surface area contributed by atoms with Crippen molar-refractivity contribution in [2.75, 3.05) is 0 Å². The van der Waals surface area contributed by atoms with Gasteiger partial charge in [-0.3, -0.25) is 4.98 Å². The van der Waals surface area contributed by atoms with Crippen molar-refractivity contribution in [2.45, 2.75) is 131 Å². The summed E-state index contributed by atoms with van der Waals surface area (Å²) >= 11 is 0. The maximum absolute atomic E-state index is 9.51. The molecule has 126 heavy (non-hydrogen) atoms. The summed E-state index contributed by atoms with van der Waals surface area (Å²) in [5, 5.41) is 5.93. The Morgan fingerprint density at radius 2 is 0.738 bits per heavy atom. The number of fused-ring (bicyclic) bond motifs is 24. The van der Waals surface area contributed by atoms with Gasteiger partial charge in [-0.2, -0.15) is 0 Å². The maximum atomic E-state index is 9.51. The zero-order chi connectivity index (χ0) is 113. The summed E-state index contributed by atoms with van der Waals surface area (Å²) in [7, 11) is 7.77. The highest BCUT2D eigenvalue weighted by Crippen LogP contribution is 2.59. The molecule has 4 aliphatic carbocycles. The fourth-order valence-electron chi connectivity index (χ4n) is 19.8. The van der Waals surface area contributed by atoms with Gasteiger partial charge >= 0.3 is 0 Å². The van der Waals surface area contributed by atoms with E-state index in [2.05, 4.69) is 9.97 Å². The number of pyridine rings is 8. The minimum absolute atomic E-state index is 0.00569. The summed E-state index contributed by atoms with van der Waals surface area (Å²) in [5.74, 6) is -6.39. The number of hydrogen-bond donors (Lipinski definition) is 0. The van der Waals surface area contributed by atoms with Gasteiger partial charge in [0, 0.05) is 184 Å². The monoisotopic (exact) mass is 1680 g/mol. The molecule has 0 saturated carbocycles. The molecule has 8 aromatic carbocycles. The van der Waals surface area contributed by atoms with E-state index in [9.17, 15) is 2.74 Å². The van der Waals surface area contributed by atoms with Crippen LogP contribution in [0.15, 0.2) is 285 Å². The molecule has 620 valence electrons. The van der Waals surface area contributed by atoms with Crippen LogP contribution in [0.5, 0.6) is 0 Å². The third-order valence-corrected chi connectivity index (χ3v) is 26.1. The van der Waals surface area contributed by atoms with Gasteiger partial charge in [0.25, 0.3) is 0 Å². The smallest absolute Gasteiger partial charge is 0.227 e. The zero-order valence-corrected chi connectivity index (χ0v) is 70.3. The van der Waals surface area contributed by atoms with Crippen LogP contribution in [0.3, 0.4) is 0 Å². The normalized spacial score (nSPS) is 21.0. The van der Waals surface area contributed by atoms with Gasteiger partial charge in [0.1, 0.15) is 39.4 Å². The lowest BCUT2D eigenvalue weighted by Gasteiger charge is -2.39. The minimum atomic E-state index is -3.59. The molecule has 0 saturated heterocycles. The molecule has 4 aliphatic rings. The fourth-order valence-corrected chi connectivity index (χ4v) is 19.8. The molecule has 0 spiro atoms. The van der Waals surface area contributed by atoms with E-state index in [-0.39, 0.29) is 62.2 Å². The van der Waals surface area contributed by atoms with Crippen LogP contribution in [0, 0.1) is 39.5 Å². The van der Waals surface area contributed by atoms with E-state index in [1.54, 1.807) is 84.9 Å². The van der Waals surface area contributed by atoms with Gasteiger partial charge in [-0.15, -0.1) is 0 Å². The van der Waals surface area contributed by atoms with Crippen LogP contribution in [0.1, 0.15) is 191 Å². The van der Waals surface area contributed by atoms with Crippen LogP contribution in [0.25, 0.3) is 178 Å². The quantitative estimate of drug-likeness (QED) is 0.138. The Morgan fingerprint density at radius 1 is 0.349 bits per heavy atom. The van der Waals surface area contributed by atoms with Crippen molar-refractivity contribution in [3.05, 3.63) is 335 Å². The number of nitrogens with zero attached hydrogens (tertiary/aromatic N) is 8. The molecule has 0 radical (unpaired) electrons. The zero-order valence-electron chi connectivity index (χ0n) is 101. The van der Waals surface area contributed by atoms with Crippen molar-refractivity contribution in [1.29, 1.82) is 0 Å². The maximum Gasteiger partial charge on any atom is 0.227 e. The van der Waals surface area contributed by atoms with Crippen LogP contribution in [0.4, 0.5) is 0 Å². The first-order chi connectivity index (χ1) is 73.3. The summed E-state index contributed by atoms with van der Waals surface area (Å²) in [6.07, 6.45) is 5.53. The van der Waals surface area contributed by atoms with Crippen LogP contribution in [-0.4, -0.2) is 19.9 Å². The number of benzene rings is 8. The molecular weight excluding hydrogens is 1550 g/mol. The lowest BCUT2D eigenvalue weighted by atomic mass is 9.64. The van der Waals surface area contributed by atoms with E-state index >= 15 is 0 Å². The standard InChI is InChI=1S/C31H31N2O.C29H27N2O.2C27H23N2O/c1-18(2)31(19(3)4)25-12-8-7-11-21(25)23-17-24-22-15-14-20(5)27(26-13-9-10-16-33(26)6)28(22)34-30(24)32-29(23)31;1-5-29(6-2)23-12-8-7-11-19(23)21-17-22-20-15-14-18(3)25(24-13-9-10-16-31(24)4)26(20)32-28(22)30-27(21)29;1-16-10-11-17-20-14-19-18-8-7-12-28-26(18)27(2,3)21(19)15-23(20)30-25(17)24(16)22-9-5-6-13-29(22)4;1-16-12-13-18-20-15-19-17-9-5-6-10-21(17)27(2,3)25(19)28-26(20)30-24(18)23(16)22-11-7-8-14-29(22)4/h7-19H,1-6H3;7-17H,5-6H2,1-4H3;2*5-15H,1-4H3/q4*+1/i1D3,2D3,3D3,18D,19D;1D3,2D3,5D2;2*2D3,3D3. The molecule has 12 aromatic heterocycles. The van der Waals surface area contributed by atoms with Crippen molar-refractivity contribution in [3.63, 3.8) is 0 Å². The van der Waals surface area contributed by atoms with E-state index in [0.29, 0.717) is 94.0 Å². The molecule has 0 aliphatic heterocycles. The van der Waals surface area contributed by atoms with Crippen molar-refractivity contribution < 1.29 is 78.4 Å². The van der Waals surface area contributed by atoms with Crippen molar-refractivity contribution in [1.82, 2.24) is 19.9 Å². The Balaban J connectivity index is 0.000000121. The Morgan fingerprint density at radius 3 is 1.21 bits per heavy atom. The highest BCUT2D eigenvalue weighted by atomic mass is 16.4. The van der Waals surface area contributed by atoms with Gasteiger partial charge in [-0.05, 0) is 180 Å². The predicted molar refractivity (Wildman–Crippen MR) is 509 cm³/mol. The third-order valence-electron chi connectivity index (χ3n) is 26.1. The summed E-state index contributed by atoms with van der Waals surface area (Å²) in [6.45, 7) is -18.7. The molecule has 12 heteroatoms. The summed E-state index contributed by atoms with van der Waals surface area (Å²) in [6, 6.07) is 71.4. The first-order valence-corrected chi connectivity index (χ1v) is 41.5. The average Bonchev–Trinajstić information content (AvgIpc) is 1.52. The Hall–Kier alpha value is -13.8. The topological polar surface area (TPSA) is 120 Å². The van der Waals surface area contributed by atoms with Gasteiger partial charge < -0.3 is 17.7 Å². The fraction of sp³-hybridized carbons (Fsp3) is 0.228. The van der Waals surface area contributed by atoms with Gasteiger partial charge in [-0.25, -0.2) is 33.2 Å². The van der Waals surface area contributed by atoms with Gasteiger partial charge in [0.05, 0.1) is 45.0 Å².